The van der Waals surface area contributed by atoms with Crippen molar-refractivity contribution >= 4 is 5.91 Å². The molecule has 0 radical (unpaired) electrons. The molecule has 0 unspecified atom stereocenters. The van der Waals surface area contributed by atoms with E-state index < -0.39 is 0 Å². The van der Waals surface area contributed by atoms with Gasteiger partial charge in [0.05, 0.1) is 6.54 Å². The predicted octanol–water partition coefficient (Wildman–Crippen LogP) is 1.26. The Kier molecular flexibility index (Phi) is 4.00. The molecule has 2 aliphatic rings. The van der Waals surface area contributed by atoms with Gasteiger partial charge in [0.25, 0.3) is 0 Å². The number of likely N-dealkylation sites (tertiary alicyclic amines) is 1. The highest BCUT2D eigenvalue weighted by molar-refractivity contribution is 5.79. The van der Waals surface area contributed by atoms with Gasteiger partial charge in [0.1, 0.15) is 0 Å². The fraction of sp³-hybridized carbons (Fsp3) is 0.786. The summed E-state index contributed by atoms with van der Waals surface area (Å²) >= 11 is 0. The molecular weight excluding hydrogens is 256 g/mol. The number of hydrogen-bond donors (Lipinski definition) is 1. The van der Waals surface area contributed by atoms with E-state index in [2.05, 4.69) is 20.4 Å². The lowest BCUT2D eigenvalue weighted by molar-refractivity contribution is -0.128. The molecule has 20 heavy (non-hydrogen) atoms. The zero-order valence-electron chi connectivity index (χ0n) is 12.0. The second kappa shape index (κ2) is 5.91. The lowest BCUT2D eigenvalue weighted by Crippen LogP contribution is -2.47. The zero-order chi connectivity index (χ0) is 13.9. The lowest BCUT2D eigenvalue weighted by Gasteiger charge is -2.33. The highest BCUT2D eigenvalue weighted by atomic mass is 16.5. The van der Waals surface area contributed by atoms with Crippen LogP contribution in [0.15, 0.2) is 4.52 Å². The van der Waals surface area contributed by atoms with Crippen molar-refractivity contribution in [2.45, 2.75) is 51.6 Å². The van der Waals surface area contributed by atoms with Crippen molar-refractivity contribution in [3.8, 4) is 0 Å². The first-order valence-corrected chi connectivity index (χ1v) is 7.52. The van der Waals surface area contributed by atoms with Crippen LogP contribution in [0.5, 0.6) is 0 Å². The van der Waals surface area contributed by atoms with Gasteiger partial charge in [0.15, 0.2) is 5.82 Å². The SMILES string of the molecule is Cc1noc(CN2CCC(NC(=O)C3CCC3)CC2)n1. The van der Waals surface area contributed by atoms with Gasteiger partial charge in [-0.1, -0.05) is 11.6 Å². The quantitative estimate of drug-likeness (QED) is 0.897. The molecule has 1 N–H and O–H groups in total. The molecule has 1 aromatic heterocycles. The van der Waals surface area contributed by atoms with Crippen LogP contribution in [0.1, 0.15) is 43.8 Å². The van der Waals surface area contributed by atoms with Crippen LogP contribution in [0.25, 0.3) is 0 Å². The first-order chi connectivity index (χ1) is 9.70. The maximum atomic E-state index is 11.9. The van der Waals surface area contributed by atoms with Crippen LogP contribution < -0.4 is 5.32 Å². The smallest absolute Gasteiger partial charge is 0.240 e. The summed E-state index contributed by atoms with van der Waals surface area (Å²) in [5, 5.41) is 6.99. The third kappa shape index (κ3) is 3.17. The van der Waals surface area contributed by atoms with Crippen LogP contribution in [-0.4, -0.2) is 40.1 Å². The summed E-state index contributed by atoms with van der Waals surface area (Å²) in [5.41, 5.74) is 0. The highest BCUT2D eigenvalue weighted by Gasteiger charge is 2.28. The van der Waals surface area contributed by atoms with Gasteiger partial charge < -0.3 is 9.84 Å². The Bertz CT molecular complexity index is 461. The van der Waals surface area contributed by atoms with Gasteiger partial charge in [-0.2, -0.15) is 4.98 Å². The number of carbonyl (C=O) groups excluding carboxylic acids is 1. The first kappa shape index (κ1) is 13.5. The molecule has 6 nitrogen and oxygen atoms in total. The average molecular weight is 278 g/mol. The molecule has 2 heterocycles. The Morgan fingerprint density at radius 1 is 1.35 bits per heavy atom. The molecule has 0 aromatic carbocycles. The first-order valence-electron chi connectivity index (χ1n) is 7.52. The van der Waals surface area contributed by atoms with Crippen molar-refractivity contribution in [1.82, 2.24) is 20.4 Å². The maximum Gasteiger partial charge on any atom is 0.240 e. The number of amides is 1. The molecule has 3 rings (SSSR count). The van der Waals surface area contributed by atoms with Crippen LogP contribution in [0.4, 0.5) is 0 Å². The summed E-state index contributed by atoms with van der Waals surface area (Å²) in [6.07, 6.45) is 5.36. The number of nitrogens with zero attached hydrogens (tertiary/aromatic N) is 3. The number of piperidine rings is 1. The number of hydrogen-bond acceptors (Lipinski definition) is 5. The Morgan fingerprint density at radius 2 is 2.10 bits per heavy atom. The summed E-state index contributed by atoms with van der Waals surface area (Å²) in [6.45, 7) is 4.48. The molecule has 1 saturated carbocycles. The monoisotopic (exact) mass is 278 g/mol. The molecule has 1 amide bonds. The van der Waals surface area contributed by atoms with Crippen LogP contribution in [-0.2, 0) is 11.3 Å². The summed E-state index contributed by atoms with van der Waals surface area (Å²) in [4.78, 5) is 18.4. The van der Waals surface area contributed by atoms with Crippen LogP contribution in [0.2, 0.25) is 0 Å². The van der Waals surface area contributed by atoms with Crippen LogP contribution in [0, 0.1) is 12.8 Å². The molecule has 1 aliphatic heterocycles. The van der Waals surface area contributed by atoms with E-state index in [9.17, 15) is 4.79 Å². The fourth-order valence-corrected chi connectivity index (χ4v) is 2.82. The zero-order valence-corrected chi connectivity index (χ0v) is 12.0. The molecule has 110 valence electrons. The van der Waals surface area contributed by atoms with Crippen molar-refractivity contribution < 1.29 is 9.32 Å². The van der Waals surface area contributed by atoms with Gasteiger partial charge in [0, 0.05) is 25.0 Å². The second-order valence-electron chi connectivity index (χ2n) is 5.92. The molecule has 2 fully saturated rings. The summed E-state index contributed by atoms with van der Waals surface area (Å²) in [7, 11) is 0. The minimum Gasteiger partial charge on any atom is -0.353 e. The van der Waals surface area contributed by atoms with Gasteiger partial charge in [-0.3, -0.25) is 9.69 Å². The molecule has 0 atom stereocenters. The van der Waals surface area contributed by atoms with E-state index in [1.54, 1.807) is 0 Å². The molecule has 6 heteroatoms. The molecule has 0 bridgehead atoms. The third-order valence-corrected chi connectivity index (χ3v) is 4.34. The predicted molar refractivity (Wildman–Crippen MR) is 72.8 cm³/mol. The second-order valence-corrected chi connectivity index (χ2v) is 5.92. The Labute approximate surface area is 118 Å². The van der Waals surface area contributed by atoms with E-state index in [4.69, 9.17) is 4.52 Å². The van der Waals surface area contributed by atoms with E-state index in [1.807, 2.05) is 6.92 Å². The van der Waals surface area contributed by atoms with Gasteiger partial charge in [-0.25, -0.2) is 0 Å². The number of rotatable bonds is 4. The highest BCUT2D eigenvalue weighted by Crippen LogP contribution is 2.26. The lowest BCUT2D eigenvalue weighted by atomic mass is 9.84. The number of aryl methyl sites for hydroxylation is 1. The maximum absolute atomic E-state index is 11.9. The molecule has 1 aliphatic carbocycles. The molecular formula is C14H22N4O2. The molecule has 1 aromatic rings. The third-order valence-electron chi connectivity index (χ3n) is 4.34. The summed E-state index contributed by atoms with van der Waals surface area (Å²) in [5.74, 6) is 1.92. The Balaban J connectivity index is 1.41. The minimum absolute atomic E-state index is 0.266. The fourth-order valence-electron chi connectivity index (χ4n) is 2.82. The van der Waals surface area contributed by atoms with Crippen LogP contribution >= 0.6 is 0 Å². The van der Waals surface area contributed by atoms with Gasteiger partial charge in [-0.15, -0.1) is 0 Å². The largest absolute Gasteiger partial charge is 0.353 e. The normalized spacial score (nSPS) is 21.6. The van der Waals surface area contributed by atoms with E-state index in [1.165, 1.54) is 6.42 Å². The van der Waals surface area contributed by atoms with E-state index in [0.29, 0.717) is 24.3 Å². The van der Waals surface area contributed by atoms with Gasteiger partial charge in [0.2, 0.25) is 11.8 Å². The van der Waals surface area contributed by atoms with Crippen molar-refractivity contribution in [3.63, 3.8) is 0 Å². The molecule has 1 saturated heterocycles. The van der Waals surface area contributed by atoms with Crippen molar-refractivity contribution in [2.24, 2.45) is 5.92 Å². The van der Waals surface area contributed by atoms with Gasteiger partial charge in [-0.05, 0) is 32.6 Å². The summed E-state index contributed by atoms with van der Waals surface area (Å²) < 4.78 is 5.14. The van der Waals surface area contributed by atoms with E-state index in [0.717, 1.165) is 38.8 Å². The van der Waals surface area contributed by atoms with Gasteiger partial charge >= 0.3 is 0 Å². The minimum atomic E-state index is 0.266. The number of aromatic nitrogens is 2. The Morgan fingerprint density at radius 3 is 2.65 bits per heavy atom. The van der Waals surface area contributed by atoms with E-state index in [-0.39, 0.29) is 11.8 Å². The number of carbonyl (C=O) groups is 1. The van der Waals surface area contributed by atoms with Crippen LogP contribution in [0.3, 0.4) is 0 Å². The standard InChI is InChI=1S/C14H22N4O2/c1-10-15-13(20-17-10)9-18-7-5-12(6-8-18)16-14(19)11-3-2-4-11/h11-12H,2-9H2,1H3,(H,16,19). The number of nitrogens with one attached hydrogen (secondary N) is 1. The van der Waals surface area contributed by atoms with Crippen molar-refractivity contribution in [3.05, 3.63) is 11.7 Å². The topological polar surface area (TPSA) is 71.3 Å². The summed E-state index contributed by atoms with van der Waals surface area (Å²) in [6, 6.07) is 0.337. The Hall–Kier alpha value is -1.43. The van der Waals surface area contributed by atoms with Crippen molar-refractivity contribution in [2.75, 3.05) is 13.1 Å². The van der Waals surface area contributed by atoms with E-state index >= 15 is 0 Å². The van der Waals surface area contributed by atoms with Crippen molar-refractivity contribution in [1.29, 1.82) is 0 Å². The average Bonchev–Trinajstić information content (AvgIpc) is 2.75. The molecule has 0 spiro atoms.